The normalized spacial score (nSPS) is 22.9. The summed E-state index contributed by atoms with van der Waals surface area (Å²) >= 11 is 0. The van der Waals surface area contributed by atoms with Gasteiger partial charge in [0, 0.05) is 44.1 Å². The fourth-order valence-electron chi connectivity index (χ4n) is 4.13. The molecule has 28 heavy (non-hydrogen) atoms. The van der Waals surface area contributed by atoms with E-state index < -0.39 is 0 Å². The molecule has 0 radical (unpaired) electrons. The molecule has 7 heteroatoms. The average molecular weight is 383 g/mol. The molecule has 4 rings (SSSR count). The molecule has 0 spiro atoms. The van der Waals surface area contributed by atoms with Gasteiger partial charge in [-0.2, -0.15) is 0 Å². The number of carbonyl (C=O) groups excluding carboxylic acids is 1. The molecule has 2 aliphatic rings. The first-order chi connectivity index (χ1) is 13.8. The van der Waals surface area contributed by atoms with Crippen LogP contribution in [0.15, 0.2) is 48.8 Å². The summed E-state index contributed by atoms with van der Waals surface area (Å²) in [7, 11) is 0. The predicted molar refractivity (Wildman–Crippen MR) is 107 cm³/mol. The number of hydrogen-bond acceptors (Lipinski definition) is 4. The highest BCUT2D eigenvalue weighted by Gasteiger charge is 2.28. The molecule has 0 bridgehead atoms. The van der Waals surface area contributed by atoms with Crippen molar-refractivity contribution in [3.8, 4) is 0 Å². The zero-order valence-corrected chi connectivity index (χ0v) is 16.4. The van der Waals surface area contributed by atoms with E-state index in [-0.39, 0.29) is 5.91 Å². The van der Waals surface area contributed by atoms with Crippen LogP contribution in [0.5, 0.6) is 0 Å². The minimum atomic E-state index is 0.287. The number of benzene rings is 1. The highest BCUT2D eigenvalue weighted by molar-refractivity contribution is 5.77. The van der Waals surface area contributed by atoms with Crippen molar-refractivity contribution in [2.45, 2.75) is 6.54 Å². The minimum Gasteiger partial charge on any atom is -0.337 e. The van der Waals surface area contributed by atoms with Gasteiger partial charge in [0.1, 0.15) is 32.7 Å². The van der Waals surface area contributed by atoms with Crippen LogP contribution in [0.4, 0.5) is 5.95 Å². The molecule has 3 heterocycles. The van der Waals surface area contributed by atoms with E-state index in [0.29, 0.717) is 6.54 Å². The highest BCUT2D eigenvalue weighted by Crippen LogP contribution is 2.09. The Bertz CT molecular complexity index is 740. The summed E-state index contributed by atoms with van der Waals surface area (Å²) < 4.78 is 0. The van der Waals surface area contributed by atoms with Gasteiger partial charge < -0.3 is 19.6 Å². The molecule has 1 amide bonds. The van der Waals surface area contributed by atoms with Crippen LogP contribution in [0.2, 0.25) is 0 Å². The van der Waals surface area contributed by atoms with E-state index in [4.69, 9.17) is 0 Å². The second kappa shape index (κ2) is 9.12. The lowest BCUT2D eigenvalue weighted by Gasteiger charge is -2.36. The van der Waals surface area contributed by atoms with Gasteiger partial charge in [0.05, 0.1) is 0 Å². The summed E-state index contributed by atoms with van der Waals surface area (Å²) in [5.74, 6) is 1.05. The van der Waals surface area contributed by atoms with Crippen LogP contribution in [0.3, 0.4) is 0 Å². The maximum absolute atomic E-state index is 12.7. The molecular weight excluding hydrogens is 352 g/mol. The van der Waals surface area contributed by atoms with Crippen molar-refractivity contribution in [2.24, 2.45) is 0 Å². The van der Waals surface area contributed by atoms with Crippen molar-refractivity contribution < 1.29 is 14.6 Å². The molecule has 0 atom stereocenters. The Hall–Kier alpha value is -2.51. The molecule has 148 valence electrons. The summed E-state index contributed by atoms with van der Waals surface area (Å²) in [6.45, 7) is 9.27. The Morgan fingerprint density at radius 3 is 2.18 bits per heavy atom. The average Bonchev–Trinajstić information content (AvgIpc) is 2.76. The largest absolute Gasteiger partial charge is 0.337 e. The van der Waals surface area contributed by atoms with Gasteiger partial charge in [0.25, 0.3) is 5.91 Å². The highest BCUT2D eigenvalue weighted by atomic mass is 16.2. The van der Waals surface area contributed by atoms with E-state index in [9.17, 15) is 4.79 Å². The first-order valence-electron chi connectivity index (χ1n) is 10.3. The number of hydrogen-bond donors (Lipinski definition) is 2. The number of nitrogens with zero attached hydrogens (tertiary/aromatic N) is 4. The Morgan fingerprint density at radius 1 is 0.857 bits per heavy atom. The zero-order chi connectivity index (χ0) is 19.2. The van der Waals surface area contributed by atoms with E-state index >= 15 is 0 Å². The molecule has 1 aromatic heterocycles. The number of quaternary nitrogens is 2. The van der Waals surface area contributed by atoms with Crippen LogP contribution in [-0.2, 0) is 11.3 Å². The lowest BCUT2D eigenvalue weighted by Crippen LogP contribution is -3.28. The van der Waals surface area contributed by atoms with Gasteiger partial charge in [-0.25, -0.2) is 9.97 Å². The molecule has 7 nitrogen and oxygen atoms in total. The molecule has 0 saturated carbocycles. The van der Waals surface area contributed by atoms with Crippen molar-refractivity contribution in [1.82, 2.24) is 14.9 Å². The van der Waals surface area contributed by atoms with Gasteiger partial charge in [0.2, 0.25) is 5.95 Å². The van der Waals surface area contributed by atoms with Crippen molar-refractivity contribution in [1.29, 1.82) is 0 Å². The molecule has 2 fully saturated rings. The van der Waals surface area contributed by atoms with Gasteiger partial charge in [0.15, 0.2) is 6.54 Å². The summed E-state index contributed by atoms with van der Waals surface area (Å²) in [6.07, 6.45) is 3.53. The van der Waals surface area contributed by atoms with Crippen molar-refractivity contribution in [3.63, 3.8) is 0 Å². The van der Waals surface area contributed by atoms with Crippen molar-refractivity contribution in [2.75, 3.05) is 63.8 Å². The van der Waals surface area contributed by atoms with Gasteiger partial charge in [-0.3, -0.25) is 4.79 Å². The first kappa shape index (κ1) is 18.8. The van der Waals surface area contributed by atoms with E-state index in [1.165, 1.54) is 10.5 Å². The second-order valence-electron chi connectivity index (χ2n) is 7.76. The number of rotatable bonds is 5. The summed E-state index contributed by atoms with van der Waals surface area (Å²) in [4.78, 5) is 28.6. The Balaban J connectivity index is 1.19. The number of anilines is 1. The lowest BCUT2D eigenvalue weighted by molar-refractivity contribution is -1.02. The predicted octanol–water partition coefficient (Wildman–Crippen LogP) is -1.89. The summed E-state index contributed by atoms with van der Waals surface area (Å²) in [6, 6.07) is 12.5. The number of piperazine rings is 2. The maximum atomic E-state index is 12.7. The number of aromatic nitrogens is 2. The number of amides is 1. The van der Waals surface area contributed by atoms with Crippen LogP contribution in [0, 0.1) is 0 Å². The SMILES string of the molecule is O=C(C[NH+]1CC[NH+](Cc2ccccc2)CC1)N1CCN(c2ncccn2)CC1. The van der Waals surface area contributed by atoms with E-state index in [1.807, 2.05) is 11.0 Å². The lowest BCUT2D eigenvalue weighted by atomic mass is 10.2. The third-order valence-corrected chi connectivity index (χ3v) is 5.83. The van der Waals surface area contributed by atoms with Crippen LogP contribution >= 0.6 is 0 Å². The van der Waals surface area contributed by atoms with Crippen LogP contribution in [-0.4, -0.2) is 79.7 Å². The standard InChI is InChI=1S/C21H28N6O/c28-20(26-13-15-27(16-14-26)21-22-7-4-8-23-21)18-25-11-9-24(10-12-25)17-19-5-2-1-3-6-19/h1-8H,9-18H2/p+2. The van der Waals surface area contributed by atoms with E-state index in [1.54, 1.807) is 17.3 Å². The second-order valence-corrected chi connectivity index (χ2v) is 7.76. The third-order valence-electron chi connectivity index (χ3n) is 5.83. The molecule has 0 unspecified atom stereocenters. The van der Waals surface area contributed by atoms with Gasteiger partial charge in [-0.15, -0.1) is 0 Å². The summed E-state index contributed by atoms with van der Waals surface area (Å²) in [5, 5.41) is 0. The quantitative estimate of drug-likeness (QED) is 0.635. The van der Waals surface area contributed by atoms with Gasteiger partial charge in [-0.1, -0.05) is 30.3 Å². The van der Waals surface area contributed by atoms with Crippen LogP contribution in [0.1, 0.15) is 5.56 Å². The topological polar surface area (TPSA) is 58.2 Å². The monoisotopic (exact) mass is 382 g/mol. The molecule has 2 aliphatic heterocycles. The van der Waals surface area contributed by atoms with Gasteiger partial charge in [-0.05, 0) is 6.07 Å². The summed E-state index contributed by atoms with van der Waals surface area (Å²) in [5.41, 5.74) is 1.40. The van der Waals surface area contributed by atoms with Crippen molar-refractivity contribution >= 4 is 11.9 Å². The molecular formula is C21H30N6O+2. The molecule has 2 aromatic rings. The fraction of sp³-hybridized carbons (Fsp3) is 0.476. The van der Waals surface area contributed by atoms with Gasteiger partial charge >= 0.3 is 0 Å². The Labute approximate surface area is 166 Å². The molecule has 2 saturated heterocycles. The molecule has 1 aromatic carbocycles. The molecule has 2 N–H and O–H groups in total. The van der Waals surface area contributed by atoms with E-state index in [0.717, 1.165) is 64.9 Å². The zero-order valence-electron chi connectivity index (χ0n) is 16.4. The first-order valence-corrected chi connectivity index (χ1v) is 10.3. The fourth-order valence-corrected chi connectivity index (χ4v) is 4.13. The maximum Gasteiger partial charge on any atom is 0.277 e. The van der Waals surface area contributed by atoms with Crippen molar-refractivity contribution in [3.05, 3.63) is 54.4 Å². The Kier molecular flexibility index (Phi) is 6.14. The van der Waals surface area contributed by atoms with Crippen LogP contribution < -0.4 is 14.7 Å². The smallest absolute Gasteiger partial charge is 0.277 e. The molecule has 0 aliphatic carbocycles. The minimum absolute atomic E-state index is 0.287. The third kappa shape index (κ3) is 4.85. The van der Waals surface area contributed by atoms with E-state index in [2.05, 4.69) is 45.2 Å². The Morgan fingerprint density at radius 2 is 1.50 bits per heavy atom. The number of nitrogens with one attached hydrogen (secondary N) is 2. The van der Waals surface area contributed by atoms with Crippen LogP contribution in [0.25, 0.3) is 0 Å². The number of carbonyl (C=O) groups is 1.